The van der Waals surface area contributed by atoms with Crippen molar-refractivity contribution in [2.75, 3.05) is 23.4 Å². The lowest BCUT2D eigenvalue weighted by molar-refractivity contribution is -0.137. The Kier molecular flexibility index (Phi) is 5.55. The predicted molar refractivity (Wildman–Crippen MR) is 100 cm³/mol. The number of nitrogens with one attached hydrogen (secondary N) is 1. The Morgan fingerprint density at radius 2 is 1.93 bits per heavy atom. The topological polar surface area (TPSA) is 41.6 Å². The molecule has 1 unspecified atom stereocenters. The van der Waals surface area contributed by atoms with Gasteiger partial charge in [0.2, 0.25) is 5.91 Å². The first-order valence-electron chi connectivity index (χ1n) is 8.43. The van der Waals surface area contributed by atoms with Gasteiger partial charge in [0.05, 0.1) is 11.3 Å². The van der Waals surface area contributed by atoms with Gasteiger partial charge in [-0.1, -0.05) is 11.8 Å². The van der Waals surface area contributed by atoms with Gasteiger partial charge in [-0.3, -0.25) is 4.79 Å². The summed E-state index contributed by atoms with van der Waals surface area (Å²) < 4.78 is 44.8. The largest absolute Gasteiger partial charge is 0.491 e. The average Bonchev–Trinajstić information content (AvgIpc) is 2.96. The third-order valence-corrected chi connectivity index (χ3v) is 5.38. The highest BCUT2D eigenvalue weighted by Gasteiger charge is 2.35. The van der Waals surface area contributed by atoms with Crippen LogP contribution in [0.15, 0.2) is 47.4 Å². The van der Waals surface area contributed by atoms with Crippen molar-refractivity contribution in [1.82, 2.24) is 0 Å². The van der Waals surface area contributed by atoms with E-state index in [2.05, 4.69) is 5.32 Å². The van der Waals surface area contributed by atoms with E-state index in [1.807, 2.05) is 11.8 Å². The van der Waals surface area contributed by atoms with E-state index in [1.165, 1.54) is 30.8 Å². The van der Waals surface area contributed by atoms with Gasteiger partial charge in [-0.15, -0.1) is 0 Å². The van der Waals surface area contributed by atoms with Crippen LogP contribution in [0.4, 0.5) is 24.5 Å². The van der Waals surface area contributed by atoms with Gasteiger partial charge in [0, 0.05) is 24.1 Å². The van der Waals surface area contributed by atoms with Crippen molar-refractivity contribution in [3.8, 4) is 5.75 Å². The molecule has 0 radical (unpaired) electrons. The number of amides is 1. The second-order valence-electron chi connectivity index (χ2n) is 6.06. The summed E-state index contributed by atoms with van der Waals surface area (Å²) in [6.45, 7) is 4.25. The Morgan fingerprint density at radius 3 is 2.52 bits per heavy atom. The van der Waals surface area contributed by atoms with Crippen molar-refractivity contribution in [1.29, 1.82) is 0 Å². The van der Waals surface area contributed by atoms with E-state index in [0.717, 1.165) is 11.0 Å². The van der Waals surface area contributed by atoms with Crippen LogP contribution in [-0.2, 0) is 11.0 Å². The lowest BCUT2D eigenvalue weighted by Crippen LogP contribution is -2.33. The fourth-order valence-electron chi connectivity index (χ4n) is 2.89. The van der Waals surface area contributed by atoms with Gasteiger partial charge in [-0.05, 0) is 49.4 Å². The SMILES string of the molecule is CCN1c2cc(C(F)(F)F)ccc2SC1COc1ccc(NC(C)=O)cc1. The minimum atomic E-state index is -4.36. The third kappa shape index (κ3) is 4.50. The van der Waals surface area contributed by atoms with Crippen LogP contribution in [0.2, 0.25) is 0 Å². The smallest absolute Gasteiger partial charge is 0.416 e. The summed E-state index contributed by atoms with van der Waals surface area (Å²) in [5, 5.41) is 2.57. The number of carbonyl (C=O) groups is 1. The van der Waals surface area contributed by atoms with E-state index in [0.29, 0.717) is 30.3 Å². The molecular formula is C19H19F3N2O2S. The summed E-state index contributed by atoms with van der Waals surface area (Å²) in [5.41, 5.74) is 0.620. The maximum absolute atomic E-state index is 13.0. The summed E-state index contributed by atoms with van der Waals surface area (Å²) >= 11 is 1.50. The molecule has 27 heavy (non-hydrogen) atoms. The fourth-order valence-corrected chi connectivity index (χ4v) is 4.15. The number of rotatable bonds is 5. The van der Waals surface area contributed by atoms with Crippen molar-refractivity contribution in [3.63, 3.8) is 0 Å². The molecule has 0 bridgehead atoms. The molecular weight excluding hydrogens is 377 g/mol. The first-order chi connectivity index (χ1) is 12.8. The van der Waals surface area contributed by atoms with Gasteiger partial charge in [0.15, 0.2) is 0 Å². The molecule has 2 aromatic rings. The van der Waals surface area contributed by atoms with Crippen LogP contribution in [0.3, 0.4) is 0 Å². The summed E-state index contributed by atoms with van der Waals surface area (Å²) in [4.78, 5) is 13.8. The molecule has 1 heterocycles. The summed E-state index contributed by atoms with van der Waals surface area (Å²) in [5.74, 6) is 0.480. The normalized spacial score (nSPS) is 16.2. The Morgan fingerprint density at radius 1 is 1.22 bits per heavy atom. The number of halogens is 3. The molecule has 1 aliphatic rings. The first-order valence-corrected chi connectivity index (χ1v) is 9.31. The zero-order chi connectivity index (χ0) is 19.6. The zero-order valence-corrected chi connectivity index (χ0v) is 15.7. The fraction of sp³-hybridized carbons (Fsp3) is 0.316. The molecule has 0 aliphatic carbocycles. The molecule has 1 aliphatic heterocycles. The van der Waals surface area contributed by atoms with Gasteiger partial charge in [0.1, 0.15) is 17.7 Å². The number of hydrogen-bond acceptors (Lipinski definition) is 4. The van der Waals surface area contributed by atoms with Gasteiger partial charge >= 0.3 is 6.18 Å². The summed E-state index contributed by atoms with van der Waals surface area (Å²) in [6.07, 6.45) is -4.36. The Balaban J connectivity index is 1.68. The Bertz CT molecular complexity index is 825. The summed E-state index contributed by atoms with van der Waals surface area (Å²) in [6, 6.07) is 10.8. The van der Waals surface area contributed by atoms with Crippen molar-refractivity contribution in [2.24, 2.45) is 0 Å². The molecule has 2 aromatic carbocycles. The van der Waals surface area contributed by atoms with Crippen molar-refractivity contribution in [3.05, 3.63) is 48.0 Å². The zero-order valence-electron chi connectivity index (χ0n) is 14.8. The second kappa shape index (κ2) is 7.72. The molecule has 4 nitrogen and oxygen atoms in total. The Hall–Kier alpha value is -2.35. The van der Waals surface area contributed by atoms with Gasteiger partial charge in [-0.25, -0.2) is 0 Å². The van der Waals surface area contributed by atoms with Gasteiger partial charge in [0.25, 0.3) is 0 Å². The van der Waals surface area contributed by atoms with Crippen LogP contribution in [0.25, 0.3) is 0 Å². The van der Waals surface area contributed by atoms with Crippen LogP contribution in [0.1, 0.15) is 19.4 Å². The standard InChI is InChI=1S/C19H19F3N2O2S/c1-3-24-16-10-13(19(20,21)22)4-9-17(16)27-18(24)11-26-15-7-5-14(6-8-15)23-12(2)25/h4-10,18H,3,11H2,1-2H3,(H,23,25). The molecule has 1 atom stereocenters. The minimum absolute atomic E-state index is 0.108. The van der Waals surface area contributed by atoms with Crippen LogP contribution in [0, 0.1) is 0 Å². The molecule has 144 valence electrons. The molecule has 8 heteroatoms. The number of thioether (sulfide) groups is 1. The van der Waals surface area contributed by atoms with E-state index >= 15 is 0 Å². The van der Waals surface area contributed by atoms with Gasteiger partial charge < -0.3 is 15.0 Å². The molecule has 3 rings (SSSR count). The number of fused-ring (bicyclic) bond motifs is 1. The van der Waals surface area contributed by atoms with Crippen molar-refractivity contribution < 1.29 is 22.7 Å². The highest BCUT2D eigenvalue weighted by atomic mass is 32.2. The second-order valence-corrected chi connectivity index (χ2v) is 7.28. The first kappa shape index (κ1) is 19.4. The molecule has 1 amide bonds. The third-order valence-electron chi connectivity index (χ3n) is 4.11. The van der Waals surface area contributed by atoms with Crippen LogP contribution in [0.5, 0.6) is 5.75 Å². The lowest BCUT2D eigenvalue weighted by Gasteiger charge is -2.25. The Labute approximate surface area is 159 Å². The number of carbonyl (C=O) groups excluding carboxylic acids is 1. The van der Waals surface area contributed by atoms with E-state index in [9.17, 15) is 18.0 Å². The number of nitrogens with zero attached hydrogens (tertiary/aromatic N) is 1. The van der Waals surface area contributed by atoms with E-state index in [-0.39, 0.29) is 11.3 Å². The monoisotopic (exact) mass is 396 g/mol. The van der Waals surface area contributed by atoms with Crippen LogP contribution >= 0.6 is 11.8 Å². The maximum atomic E-state index is 13.0. The van der Waals surface area contributed by atoms with E-state index in [4.69, 9.17) is 4.74 Å². The van der Waals surface area contributed by atoms with Crippen LogP contribution < -0.4 is 15.0 Å². The van der Waals surface area contributed by atoms with Crippen LogP contribution in [-0.4, -0.2) is 24.4 Å². The lowest BCUT2D eigenvalue weighted by atomic mass is 10.2. The highest BCUT2D eigenvalue weighted by molar-refractivity contribution is 8.00. The molecule has 0 aromatic heterocycles. The quantitative estimate of drug-likeness (QED) is 0.772. The number of hydrogen-bond donors (Lipinski definition) is 1. The molecule has 1 N–H and O–H groups in total. The molecule has 0 saturated heterocycles. The minimum Gasteiger partial charge on any atom is -0.491 e. The number of alkyl halides is 3. The number of ether oxygens (including phenoxy) is 1. The van der Waals surface area contributed by atoms with E-state index in [1.54, 1.807) is 24.3 Å². The predicted octanol–water partition coefficient (Wildman–Crippen LogP) is 5.00. The van der Waals surface area contributed by atoms with Gasteiger partial charge in [-0.2, -0.15) is 13.2 Å². The number of likely N-dealkylation sites (N-methyl/N-ethyl adjacent to an activating group) is 1. The van der Waals surface area contributed by atoms with E-state index < -0.39 is 11.7 Å². The highest BCUT2D eigenvalue weighted by Crippen LogP contribution is 2.45. The number of benzene rings is 2. The molecule has 0 saturated carbocycles. The average molecular weight is 396 g/mol. The van der Waals surface area contributed by atoms with Crippen molar-refractivity contribution in [2.45, 2.75) is 30.3 Å². The maximum Gasteiger partial charge on any atom is 0.416 e. The molecule has 0 fully saturated rings. The van der Waals surface area contributed by atoms with Crippen molar-refractivity contribution >= 4 is 29.0 Å². The molecule has 0 spiro atoms. The summed E-state index contributed by atoms with van der Waals surface area (Å²) in [7, 11) is 0. The number of anilines is 2.